The summed E-state index contributed by atoms with van der Waals surface area (Å²) in [5.41, 5.74) is 7.47. The van der Waals surface area contributed by atoms with E-state index >= 15 is 0 Å². The van der Waals surface area contributed by atoms with Crippen LogP contribution < -0.4 is 11.1 Å². The van der Waals surface area contributed by atoms with Crippen LogP contribution in [0.3, 0.4) is 0 Å². The highest BCUT2D eigenvalue weighted by Gasteiger charge is 2.18. The molecule has 3 N–H and O–H groups in total. The summed E-state index contributed by atoms with van der Waals surface area (Å²) in [5.74, 6) is 0.705. The van der Waals surface area contributed by atoms with Crippen LogP contribution in [0.1, 0.15) is 19.8 Å². The van der Waals surface area contributed by atoms with Gasteiger partial charge in [0, 0.05) is 6.54 Å². The molecule has 0 aromatic heterocycles. The van der Waals surface area contributed by atoms with E-state index in [0.717, 1.165) is 18.8 Å². The van der Waals surface area contributed by atoms with Crippen molar-refractivity contribution in [3.05, 3.63) is 22.2 Å². The highest BCUT2D eigenvalue weighted by Crippen LogP contribution is 2.31. The highest BCUT2D eigenvalue weighted by atomic mass is 35.5. The van der Waals surface area contributed by atoms with Gasteiger partial charge in [-0.2, -0.15) is 0 Å². The Bertz CT molecular complexity index is 429. The summed E-state index contributed by atoms with van der Waals surface area (Å²) in [6.07, 6.45) is 2.48. The molecule has 0 saturated carbocycles. The van der Waals surface area contributed by atoms with Crippen molar-refractivity contribution in [2.45, 2.75) is 19.8 Å². The first-order valence-corrected chi connectivity index (χ1v) is 7.56. The van der Waals surface area contributed by atoms with Crippen molar-refractivity contribution in [3.63, 3.8) is 0 Å². The zero-order valence-corrected chi connectivity index (χ0v) is 12.8. The van der Waals surface area contributed by atoms with E-state index in [9.17, 15) is 0 Å². The monoisotopic (exact) mass is 301 g/mol. The molecule has 1 heterocycles. The summed E-state index contributed by atoms with van der Waals surface area (Å²) >= 11 is 11.9. The van der Waals surface area contributed by atoms with Crippen LogP contribution in [0.25, 0.3) is 0 Å². The number of benzene rings is 1. The van der Waals surface area contributed by atoms with E-state index in [1.807, 2.05) is 0 Å². The van der Waals surface area contributed by atoms with Gasteiger partial charge in [0.25, 0.3) is 0 Å². The normalized spacial score (nSPS) is 17.6. The Morgan fingerprint density at radius 1 is 1.26 bits per heavy atom. The molecule has 3 nitrogen and oxygen atoms in total. The molecule has 5 heteroatoms. The number of nitrogens with zero attached hydrogens (tertiary/aromatic N) is 1. The van der Waals surface area contributed by atoms with Gasteiger partial charge >= 0.3 is 0 Å². The Balaban J connectivity index is 1.88. The lowest BCUT2D eigenvalue weighted by molar-refractivity contribution is 0.198. The van der Waals surface area contributed by atoms with E-state index in [0.29, 0.717) is 21.7 Å². The van der Waals surface area contributed by atoms with Crippen molar-refractivity contribution < 1.29 is 0 Å². The van der Waals surface area contributed by atoms with Crippen LogP contribution in [-0.2, 0) is 0 Å². The Morgan fingerprint density at radius 2 is 1.89 bits per heavy atom. The average Bonchev–Trinajstić information content (AvgIpc) is 2.42. The van der Waals surface area contributed by atoms with Crippen LogP contribution in [0.5, 0.6) is 0 Å². The average molecular weight is 302 g/mol. The lowest BCUT2D eigenvalue weighted by Gasteiger charge is -2.31. The number of likely N-dealkylation sites (tertiary alicyclic amines) is 1. The van der Waals surface area contributed by atoms with Crippen molar-refractivity contribution in [2.24, 2.45) is 5.92 Å². The van der Waals surface area contributed by atoms with E-state index < -0.39 is 0 Å². The number of rotatable bonds is 4. The van der Waals surface area contributed by atoms with E-state index in [-0.39, 0.29) is 0 Å². The Hall–Kier alpha value is -0.640. The maximum atomic E-state index is 6.01. The fourth-order valence-corrected chi connectivity index (χ4v) is 2.81. The molecule has 0 radical (unpaired) electrons. The van der Waals surface area contributed by atoms with Crippen LogP contribution >= 0.6 is 23.2 Å². The molecule has 1 saturated heterocycles. The smallest absolute Gasteiger partial charge is 0.0614 e. The molecule has 19 heavy (non-hydrogen) atoms. The van der Waals surface area contributed by atoms with Crippen molar-refractivity contribution in [1.82, 2.24) is 4.90 Å². The maximum absolute atomic E-state index is 6.01. The summed E-state index contributed by atoms with van der Waals surface area (Å²) in [7, 11) is 0. The molecular formula is C14H21Cl2N3. The van der Waals surface area contributed by atoms with Crippen LogP contribution in [-0.4, -0.2) is 31.1 Å². The highest BCUT2D eigenvalue weighted by molar-refractivity contribution is 6.42. The number of nitrogen functional groups attached to an aromatic ring is 1. The number of anilines is 2. The van der Waals surface area contributed by atoms with Gasteiger partial charge in [-0.1, -0.05) is 30.1 Å². The summed E-state index contributed by atoms with van der Waals surface area (Å²) < 4.78 is 0. The van der Waals surface area contributed by atoms with Gasteiger partial charge in [0.15, 0.2) is 0 Å². The summed E-state index contributed by atoms with van der Waals surface area (Å²) in [4.78, 5) is 2.49. The van der Waals surface area contributed by atoms with Crippen molar-refractivity contribution in [1.29, 1.82) is 0 Å². The molecule has 0 atom stereocenters. The van der Waals surface area contributed by atoms with Gasteiger partial charge in [0.1, 0.15) is 0 Å². The molecule has 0 spiro atoms. The van der Waals surface area contributed by atoms with Crippen LogP contribution in [0.2, 0.25) is 10.0 Å². The third kappa shape index (κ3) is 3.91. The fraction of sp³-hybridized carbons (Fsp3) is 0.571. The maximum Gasteiger partial charge on any atom is 0.0614 e. The van der Waals surface area contributed by atoms with Crippen LogP contribution in [0.15, 0.2) is 12.1 Å². The second-order valence-corrected chi connectivity index (χ2v) is 5.93. The minimum absolute atomic E-state index is 0.501. The van der Waals surface area contributed by atoms with Gasteiger partial charge in [0.05, 0.1) is 21.4 Å². The molecule has 1 aromatic rings. The molecule has 2 rings (SSSR count). The van der Waals surface area contributed by atoms with E-state index in [1.165, 1.54) is 25.9 Å². The zero-order chi connectivity index (χ0) is 13.8. The number of nitrogens with two attached hydrogens (primary N) is 1. The third-order valence-electron chi connectivity index (χ3n) is 3.83. The fourth-order valence-electron chi connectivity index (χ4n) is 2.48. The molecular weight excluding hydrogens is 281 g/mol. The number of halogens is 2. The Labute approximate surface area is 125 Å². The summed E-state index contributed by atoms with van der Waals surface area (Å²) in [5, 5.41) is 4.44. The first-order chi connectivity index (χ1) is 9.10. The van der Waals surface area contributed by atoms with Gasteiger partial charge in [-0.15, -0.1) is 0 Å². The van der Waals surface area contributed by atoms with E-state index in [1.54, 1.807) is 12.1 Å². The predicted molar refractivity (Wildman–Crippen MR) is 84.2 cm³/mol. The second-order valence-electron chi connectivity index (χ2n) is 5.11. The third-order valence-corrected chi connectivity index (χ3v) is 4.55. The zero-order valence-electron chi connectivity index (χ0n) is 11.3. The SMILES string of the molecule is CCN1CCC(CNc2cc(Cl)c(Cl)cc2N)CC1. The second kappa shape index (κ2) is 6.69. The standard InChI is InChI=1S/C14H21Cl2N3/c1-2-19-5-3-10(4-6-19)9-18-14-8-12(16)11(15)7-13(14)17/h7-8,10,18H,2-6,9,17H2,1H3. The topological polar surface area (TPSA) is 41.3 Å². The number of nitrogens with one attached hydrogen (secondary N) is 1. The summed E-state index contributed by atoms with van der Waals surface area (Å²) in [6, 6.07) is 3.51. The van der Waals surface area contributed by atoms with E-state index in [2.05, 4.69) is 17.1 Å². The molecule has 1 aromatic carbocycles. The first kappa shape index (κ1) is 14.8. The molecule has 1 aliphatic heterocycles. The van der Waals surface area contributed by atoms with Gasteiger partial charge in [-0.3, -0.25) is 0 Å². The van der Waals surface area contributed by atoms with E-state index in [4.69, 9.17) is 28.9 Å². The van der Waals surface area contributed by atoms with Crippen molar-refractivity contribution >= 4 is 34.6 Å². The van der Waals surface area contributed by atoms with Crippen molar-refractivity contribution in [3.8, 4) is 0 Å². The minimum atomic E-state index is 0.501. The molecule has 0 amide bonds. The predicted octanol–water partition coefficient (Wildman–Crippen LogP) is 3.72. The van der Waals surface area contributed by atoms with Crippen LogP contribution in [0, 0.1) is 5.92 Å². The van der Waals surface area contributed by atoms with Crippen LogP contribution in [0.4, 0.5) is 11.4 Å². The molecule has 0 unspecified atom stereocenters. The number of piperidine rings is 1. The van der Waals surface area contributed by atoms with Gasteiger partial charge in [0.2, 0.25) is 0 Å². The first-order valence-electron chi connectivity index (χ1n) is 6.81. The minimum Gasteiger partial charge on any atom is -0.397 e. The number of hydrogen-bond acceptors (Lipinski definition) is 3. The molecule has 1 aliphatic rings. The van der Waals surface area contributed by atoms with Gasteiger partial charge in [-0.25, -0.2) is 0 Å². The number of hydrogen-bond donors (Lipinski definition) is 2. The quantitative estimate of drug-likeness (QED) is 0.833. The van der Waals surface area contributed by atoms with Gasteiger partial charge < -0.3 is 16.0 Å². The lowest BCUT2D eigenvalue weighted by Crippen LogP contribution is -2.35. The largest absolute Gasteiger partial charge is 0.397 e. The van der Waals surface area contributed by atoms with Crippen molar-refractivity contribution in [2.75, 3.05) is 37.2 Å². The molecule has 0 aliphatic carbocycles. The van der Waals surface area contributed by atoms with Gasteiger partial charge in [-0.05, 0) is 50.5 Å². The molecule has 0 bridgehead atoms. The molecule has 1 fully saturated rings. The lowest BCUT2D eigenvalue weighted by atomic mass is 9.97. The molecule has 106 valence electrons. The Kier molecular flexibility index (Phi) is 5.20. The Morgan fingerprint density at radius 3 is 2.53 bits per heavy atom. The summed E-state index contributed by atoms with van der Waals surface area (Å²) in [6.45, 7) is 6.70.